The average Bonchev–Trinajstić information content (AvgIpc) is 2.48. The molecule has 3 nitrogen and oxygen atoms in total. The average molecular weight is 318 g/mol. The summed E-state index contributed by atoms with van der Waals surface area (Å²) in [5.74, 6) is -0.00616. The van der Waals surface area contributed by atoms with E-state index in [-0.39, 0.29) is 11.9 Å². The first-order chi connectivity index (χ1) is 10.5. The lowest BCUT2D eigenvalue weighted by Crippen LogP contribution is -3.12. The number of benzene rings is 2. The van der Waals surface area contributed by atoms with Crippen molar-refractivity contribution in [2.45, 2.75) is 26.4 Å². The van der Waals surface area contributed by atoms with Gasteiger partial charge in [0.15, 0.2) is 6.04 Å². The van der Waals surface area contributed by atoms with Crippen LogP contribution in [0.1, 0.15) is 18.1 Å². The Hall–Kier alpha value is -1.84. The second kappa shape index (κ2) is 7.43. The van der Waals surface area contributed by atoms with E-state index in [0.717, 1.165) is 17.1 Å². The number of carbonyl (C=O) groups is 1. The quantitative estimate of drug-likeness (QED) is 0.873. The fraction of sp³-hybridized carbons (Fsp3) is 0.278. The van der Waals surface area contributed by atoms with Gasteiger partial charge in [-0.1, -0.05) is 41.9 Å². The molecular formula is C18H22ClN2O+. The molecule has 22 heavy (non-hydrogen) atoms. The van der Waals surface area contributed by atoms with Crippen molar-refractivity contribution in [3.8, 4) is 0 Å². The second-order valence-corrected chi connectivity index (χ2v) is 6.11. The van der Waals surface area contributed by atoms with E-state index in [0.29, 0.717) is 5.02 Å². The van der Waals surface area contributed by atoms with Crippen molar-refractivity contribution in [1.29, 1.82) is 0 Å². The van der Waals surface area contributed by atoms with Crippen LogP contribution in [0.4, 0.5) is 5.69 Å². The maximum absolute atomic E-state index is 12.4. The first-order valence-electron chi connectivity index (χ1n) is 7.40. The Morgan fingerprint density at radius 1 is 1.23 bits per heavy atom. The van der Waals surface area contributed by atoms with Gasteiger partial charge in [-0.05, 0) is 37.6 Å². The number of likely N-dealkylation sites (N-methyl/N-ethyl adjacent to an activating group) is 1. The molecule has 116 valence electrons. The number of halogens is 1. The second-order valence-electron chi connectivity index (χ2n) is 5.67. The third-order valence-electron chi connectivity index (χ3n) is 3.96. The van der Waals surface area contributed by atoms with Gasteiger partial charge in [-0.2, -0.15) is 0 Å². The van der Waals surface area contributed by atoms with E-state index in [1.165, 1.54) is 11.1 Å². The summed E-state index contributed by atoms with van der Waals surface area (Å²) < 4.78 is 0. The van der Waals surface area contributed by atoms with Gasteiger partial charge in [0, 0.05) is 16.3 Å². The van der Waals surface area contributed by atoms with Gasteiger partial charge >= 0.3 is 0 Å². The molecule has 0 aromatic heterocycles. The Balaban J connectivity index is 1.99. The van der Waals surface area contributed by atoms with Crippen LogP contribution in [-0.2, 0) is 11.3 Å². The van der Waals surface area contributed by atoms with Crippen LogP contribution in [0.5, 0.6) is 0 Å². The minimum absolute atomic E-state index is 0.00616. The summed E-state index contributed by atoms with van der Waals surface area (Å²) in [5.41, 5.74) is 3.25. The minimum atomic E-state index is -0.154. The highest BCUT2D eigenvalue weighted by atomic mass is 35.5. The molecule has 0 saturated heterocycles. The van der Waals surface area contributed by atoms with Crippen LogP contribution in [0.15, 0.2) is 48.5 Å². The standard InChI is InChI=1S/C18H21ClN2O/c1-13-7-4-5-8-15(13)12-21(3)14(2)18(22)20-17-10-6-9-16(19)11-17/h4-11,14H,12H2,1-3H3,(H,20,22)/p+1/t14-/m1/s1. The molecule has 0 bridgehead atoms. The molecule has 2 atom stereocenters. The van der Waals surface area contributed by atoms with E-state index in [2.05, 4.69) is 24.4 Å². The zero-order valence-corrected chi connectivity index (χ0v) is 13.9. The molecule has 2 N–H and O–H groups in total. The molecule has 2 aromatic carbocycles. The lowest BCUT2D eigenvalue weighted by Gasteiger charge is -2.22. The predicted molar refractivity (Wildman–Crippen MR) is 91.3 cm³/mol. The number of anilines is 1. The molecule has 1 amide bonds. The molecule has 0 radical (unpaired) electrons. The zero-order valence-electron chi connectivity index (χ0n) is 13.2. The molecule has 0 aliphatic carbocycles. The first-order valence-corrected chi connectivity index (χ1v) is 7.78. The smallest absolute Gasteiger partial charge is 0.282 e. The van der Waals surface area contributed by atoms with Gasteiger partial charge in [-0.15, -0.1) is 0 Å². The Kier molecular flexibility index (Phi) is 5.58. The Morgan fingerprint density at radius 3 is 2.64 bits per heavy atom. The van der Waals surface area contributed by atoms with E-state index < -0.39 is 0 Å². The third kappa shape index (κ3) is 4.33. The van der Waals surface area contributed by atoms with E-state index in [1.54, 1.807) is 12.1 Å². The summed E-state index contributed by atoms with van der Waals surface area (Å²) in [6, 6.07) is 15.3. The SMILES string of the molecule is Cc1ccccc1C[NH+](C)[C@H](C)C(=O)Nc1cccc(Cl)c1. The molecule has 0 heterocycles. The number of nitrogens with one attached hydrogen (secondary N) is 2. The minimum Gasteiger partial charge on any atom is -0.324 e. The van der Waals surface area contributed by atoms with Gasteiger partial charge in [0.25, 0.3) is 5.91 Å². The van der Waals surface area contributed by atoms with Gasteiger partial charge in [0.05, 0.1) is 7.05 Å². The molecule has 2 aromatic rings. The number of rotatable bonds is 5. The lowest BCUT2D eigenvalue weighted by molar-refractivity contribution is -0.907. The van der Waals surface area contributed by atoms with E-state index in [4.69, 9.17) is 11.6 Å². The summed E-state index contributed by atoms with van der Waals surface area (Å²) in [6.45, 7) is 4.85. The van der Waals surface area contributed by atoms with Gasteiger partial charge in [0.1, 0.15) is 6.54 Å². The number of hydrogen-bond donors (Lipinski definition) is 2. The molecule has 0 saturated carbocycles. The van der Waals surface area contributed by atoms with Crippen molar-refractivity contribution < 1.29 is 9.69 Å². The maximum Gasteiger partial charge on any atom is 0.282 e. The number of quaternary nitrogens is 1. The molecule has 0 spiro atoms. The van der Waals surface area contributed by atoms with Gasteiger partial charge in [-0.3, -0.25) is 4.79 Å². The van der Waals surface area contributed by atoms with Crippen LogP contribution in [-0.4, -0.2) is 19.0 Å². The van der Waals surface area contributed by atoms with Crippen molar-refractivity contribution in [2.75, 3.05) is 12.4 Å². The fourth-order valence-corrected chi connectivity index (χ4v) is 2.49. The van der Waals surface area contributed by atoms with Crippen LogP contribution in [0.2, 0.25) is 5.02 Å². The molecule has 2 rings (SSSR count). The highest BCUT2D eigenvalue weighted by molar-refractivity contribution is 6.30. The maximum atomic E-state index is 12.4. The Labute approximate surface area is 136 Å². The molecule has 0 aliphatic heterocycles. The van der Waals surface area contributed by atoms with Gasteiger partial charge < -0.3 is 10.2 Å². The number of carbonyl (C=O) groups excluding carboxylic acids is 1. The highest BCUT2D eigenvalue weighted by Gasteiger charge is 2.22. The number of aryl methyl sites for hydroxylation is 1. The fourth-order valence-electron chi connectivity index (χ4n) is 2.30. The van der Waals surface area contributed by atoms with Crippen LogP contribution in [0.25, 0.3) is 0 Å². The van der Waals surface area contributed by atoms with Crippen molar-refractivity contribution in [2.24, 2.45) is 0 Å². The van der Waals surface area contributed by atoms with Crippen LogP contribution >= 0.6 is 11.6 Å². The summed E-state index contributed by atoms with van der Waals surface area (Å²) in [7, 11) is 2.04. The molecule has 0 aliphatic rings. The monoisotopic (exact) mass is 317 g/mol. The van der Waals surface area contributed by atoms with Crippen molar-refractivity contribution in [3.63, 3.8) is 0 Å². The van der Waals surface area contributed by atoms with E-state index >= 15 is 0 Å². The molecular weight excluding hydrogens is 296 g/mol. The first kappa shape index (κ1) is 16.5. The predicted octanol–water partition coefficient (Wildman–Crippen LogP) is 2.69. The summed E-state index contributed by atoms with van der Waals surface area (Å²) in [6.07, 6.45) is 0. The third-order valence-corrected chi connectivity index (χ3v) is 4.19. The summed E-state index contributed by atoms with van der Waals surface area (Å²) in [5, 5.41) is 3.54. The van der Waals surface area contributed by atoms with Crippen LogP contribution < -0.4 is 10.2 Å². The van der Waals surface area contributed by atoms with Crippen molar-refractivity contribution >= 4 is 23.2 Å². The highest BCUT2D eigenvalue weighted by Crippen LogP contribution is 2.14. The van der Waals surface area contributed by atoms with Crippen LogP contribution in [0.3, 0.4) is 0 Å². The van der Waals surface area contributed by atoms with Gasteiger partial charge in [0.2, 0.25) is 0 Å². The van der Waals surface area contributed by atoms with E-state index in [1.807, 2.05) is 38.2 Å². The lowest BCUT2D eigenvalue weighted by atomic mass is 10.1. The Bertz CT molecular complexity index is 657. The van der Waals surface area contributed by atoms with Crippen molar-refractivity contribution in [1.82, 2.24) is 0 Å². The van der Waals surface area contributed by atoms with E-state index in [9.17, 15) is 4.79 Å². The Morgan fingerprint density at radius 2 is 1.95 bits per heavy atom. The van der Waals surface area contributed by atoms with Crippen LogP contribution in [0, 0.1) is 6.92 Å². The number of hydrogen-bond acceptors (Lipinski definition) is 1. The van der Waals surface area contributed by atoms with Gasteiger partial charge in [-0.25, -0.2) is 0 Å². The normalized spacial score (nSPS) is 13.5. The summed E-state index contributed by atoms with van der Waals surface area (Å²) in [4.78, 5) is 13.5. The molecule has 4 heteroatoms. The topological polar surface area (TPSA) is 33.5 Å². The zero-order chi connectivity index (χ0) is 16.1. The van der Waals surface area contributed by atoms with Crippen molar-refractivity contribution in [3.05, 3.63) is 64.7 Å². The molecule has 1 unspecified atom stereocenters. The summed E-state index contributed by atoms with van der Waals surface area (Å²) >= 11 is 5.94. The number of amides is 1. The largest absolute Gasteiger partial charge is 0.324 e. The molecule has 0 fully saturated rings.